The Morgan fingerprint density at radius 2 is 2.09 bits per heavy atom. The summed E-state index contributed by atoms with van der Waals surface area (Å²) < 4.78 is 5.41. The van der Waals surface area contributed by atoms with Gasteiger partial charge in [-0.3, -0.25) is 4.79 Å². The van der Waals surface area contributed by atoms with E-state index in [1.807, 2.05) is 35.7 Å². The summed E-state index contributed by atoms with van der Waals surface area (Å²) >= 11 is 7.69. The SMILES string of the molecule is O=C(Nc1ccccc1Cl)C1(c2cc(-c3cccs3)on2)CC1. The van der Waals surface area contributed by atoms with Crippen LogP contribution in [0.1, 0.15) is 18.5 Å². The summed E-state index contributed by atoms with van der Waals surface area (Å²) in [7, 11) is 0. The van der Waals surface area contributed by atoms with Crippen molar-refractivity contribution in [3.8, 4) is 10.6 Å². The standard InChI is InChI=1S/C17H13ClN2O2S/c18-11-4-1-2-5-12(11)19-16(21)17(7-8-17)15-10-13(22-20-15)14-6-3-9-23-14/h1-6,9-10H,7-8H2,(H,19,21). The molecule has 6 heteroatoms. The van der Waals surface area contributed by atoms with Crippen molar-refractivity contribution in [2.45, 2.75) is 18.3 Å². The third-order valence-corrected chi connectivity index (χ3v) is 5.29. The van der Waals surface area contributed by atoms with Crippen LogP contribution >= 0.6 is 22.9 Å². The highest BCUT2D eigenvalue weighted by molar-refractivity contribution is 7.13. The maximum absolute atomic E-state index is 12.7. The number of nitrogens with zero attached hydrogens (tertiary/aromatic N) is 1. The van der Waals surface area contributed by atoms with Gasteiger partial charge in [0.15, 0.2) is 5.76 Å². The molecule has 0 atom stereocenters. The van der Waals surface area contributed by atoms with Gasteiger partial charge in [0.25, 0.3) is 0 Å². The summed E-state index contributed by atoms with van der Waals surface area (Å²) in [6, 6.07) is 13.0. The second kappa shape index (κ2) is 5.51. The van der Waals surface area contributed by atoms with Crippen molar-refractivity contribution in [3.63, 3.8) is 0 Å². The topological polar surface area (TPSA) is 55.1 Å². The Hall–Kier alpha value is -2.11. The van der Waals surface area contributed by atoms with Crippen molar-refractivity contribution < 1.29 is 9.32 Å². The molecule has 0 unspecified atom stereocenters. The second-order valence-electron chi connectivity index (χ2n) is 5.57. The van der Waals surface area contributed by atoms with Gasteiger partial charge in [-0.1, -0.05) is 35.0 Å². The lowest BCUT2D eigenvalue weighted by Gasteiger charge is -2.13. The van der Waals surface area contributed by atoms with Gasteiger partial charge in [0, 0.05) is 6.07 Å². The van der Waals surface area contributed by atoms with Gasteiger partial charge in [-0.05, 0) is 36.4 Å². The quantitative estimate of drug-likeness (QED) is 0.744. The number of amides is 1. The number of rotatable bonds is 4. The fourth-order valence-corrected chi connectivity index (χ4v) is 3.42. The normalized spacial score (nSPS) is 15.3. The van der Waals surface area contributed by atoms with Crippen LogP contribution in [0.2, 0.25) is 5.02 Å². The third-order valence-electron chi connectivity index (χ3n) is 4.07. The minimum atomic E-state index is -0.599. The zero-order valence-electron chi connectivity index (χ0n) is 12.1. The van der Waals surface area contributed by atoms with Crippen LogP contribution in [0.3, 0.4) is 0 Å². The van der Waals surface area contributed by atoms with E-state index < -0.39 is 5.41 Å². The van der Waals surface area contributed by atoms with Gasteiger partial charge >= 0.3 is 0 Å². The Balaban J connectivity index is 1.59. The second-order valence-corrected chi connectivity index (χ2v) is 6.92. The van der Waals surface area contributed by atoms with Gasteiger partial charge in [-0.15, -0.1) is 11.3 Å². The highest BCUT2D eigenvalue weighted by atomic mass is 35.5. The summed E-state index contributed by atoms with van der Waals surface area (Å²) in [6.07, 6.45) is 1.53. The molecule has 4 nitrogen and oxygen atoms in total. The number of aromatic nitrogens is 1. The molecule has 0 spiro atoms. The predicted molar refractivity (Wildman–Crippen MR) is 90.8 cm³/mol. The molecule has 0 radical (unpaired) electrons. The van der Waals surface area contributed by atoms with Gasteiger partial charge < -0.3 is 9.84 Å². The first-order valence-electron chi connectivity index (χ1n) is 7.26. The lowest BCUT2D eigenvalue weighted by Crippen LogP contribution is -2.28. The highest BCUT2D eigenvalue weighted by Crippen LogP contribution is 2.49. The molecule has 3 aromatic rings. The monoisotopic (exact) mass is 344 g/mol. The zero-order valence-corrected chi connectivity index (χ0v) is 13.7. The van der Waals surface area contributed by atoms with Crippen molar-refractivity contribution in [1.29, 1.82) is 0 Å². The fraction of sp³-hybridized carbons (Fsp3) is 0.176. The molecule has 0 bridgehead atoms. The van der Waals surface area contributed by atoms with Crippen LogP contribution in [0.15, 0.2) is 52.4 Å². The lowest BCUT2D eigenvalue weighted by molar-refractivity contribution is -0.118. The molecule has 116 valence electrons. The molecule has 0 aliphatic heterocycles. The van der Waals surface area contributed by atoms with Gasteiger partial charge in [0.2, 0.25) is 5.91 Å². The Kier molecular flexibility index (Phi) is 3.47. The average Bonchev–Trinajstić information content (AvgIpc) is 2.99. The van der Waals surface area contributed by atoms with E-state index in [1.165, 1.54) is 0 Å². The van der Waals surface area contributed by atoms with Crippen LogP contribution in [0, 0.1) is 0 Å². The maximum atomic E-state index is 12.7. The molecule has 0 saturated heterocycles. The number of anilines is 1. The molecule has 23 heavy (non-hydrogen) atoms. The van der Waals surface area contributed by atoms with Gasteiger partial charge in [0.05, 0.1) is 26.7 Å². The zero-order chi connectivity index (χ0) is 15.9. The molecule has 1 aromatic carbocycles. The first-order chi connectivity index (χ1) is 11.2. The van der Waals surface area contributed by atoms with E-state index in [1.54, 1.807) is 23.5 Å². The number of para-hydroxylation sites is 1. The van der Waals surface area contributed by atoms with Crippen LogP contribution < -0.4 is 5.32 Å². The first kappa shape index (κ1) is 14.5. The van der Waals surface area contributed by atoms with E-state index in [9.17, 15) is 4.79 Å². The van der Waals surface area contributed by atoms with Crippen molar-refractivity contribution in [2.75, 3.05) is 5.32 Å². The van der Waals surface area contributed by atoms with Crippen molar-refractivity contribution >= 4 is 34.5 Å². The Labute approximate surface area is 142 Å². The maximum Gasteiger partial charge on any atom is 0.236 e. The summed E-state index contributed by atoms with van der Waals surface area (Å²) in [5.41, 5.74) is 0.705. The van der Waals surface area contributed by atoms with Crippen molar-refractivity contribution in [1.82, 2.24) is 5.16 Å². The molecule has 2 aromatic heterocycles. The van der Waals surface area contributed by atoms with E-state index >= 15 is 0 Å². The van der Waals surface area contributed by atoms with E-state index in [4.69, 9.17) is 16.1 Å². The minimum absolute atomic E-state index is 0.0865. The number of benzene rings is 1. The summed E-state index contributed by atoms with van der Waals surface area (Å²) in [5, 5.41) is 9.54. The molecular formula is C17H13ClN2O2S. The molecule has 1 fully saturated rings. The minimum Gasteiger partial charge on any atom is -0.355 e. The largest absolute Gasteiger partial charge is 0.355 e. The van der Waals surface area contributed by atoms with E-state index in [0.29, 0.717) is 22.2 Å². The molecule has 1 saturated carbocycles. The Morgan fingerprint density at radius 1 is 1.26 bits per heavy atom. The molecular weight excluding hydrogens is 332 g/mol. The van der Waals surface area contributed by atoms with Gasteiger partial charge in [-0.2, -0.15) is 0 Å². The molecule has 1 aliphatic rings. The Bertz CT molecular complexity index is 853. The van der Waals surface area contributed by atoms with E-state index in [2.05, 4.69) is 10.5 Å². The molecule has 2 heterocycles. The molecule has 1 aliphatic carbocycles. The first-order valence-corrected chi connectivity index (χ1v) is 8.52. The van der Waals surface area contributed by atoms with E-state index in [-0.39, 0.29) is 5.91 Å². The van der Waals surface area contributed by atoms with Crippen molar-refractivity contribution in [3.05, 3.63) is 58.6 Å². The molecule has 1 amide bonds. The smallest absolute Gasteiger partial charge is 0.236 e. The number of halogens is 1. The van der Waals surface area contributed by atoms with Crippen LogP contribution in [0.25, 0.3) is 10.6 Å². The fourth-order valence-electron chi connectivity index (χ4n) is 2.56. The number of carbonyl (C=O) groups excluding carboxylic acids is 1. The van der Waals surface area contributed by atoms with Crippen LogP contribution in [0.4, 0.5) is 5.69 Å². The van der Waals surface area contributed by atoms with Gasteiger partial charge in [0.1, 0.15) is 0 Å². The number of nitrogens with one attached hydrogen (secondary N) is 1. The molecule has 4 rings (SSSR count). The van der Waals surface area contributed by atoms with Crippen LogP contribution in [-0.2, 0) is 10.2 Å². The number of hydrogen-bond acceptors (Lipinski definition) is 4. The van der Waals surface area contributed by atoms with Gasteiger partial charge in [-0.25, -0.2) is 0 Å². The van der Waals surface area contributed by atoms with E-state index in [0.717, 1.165) is 17.7 Å². The highest BCUT2D eigenvalue weighted by Gasteiger charge is 2.54. The van der Waals surface area contributed by atoms with Crippen LogP contribution in [0.5, 0.6) is 0 Å². The summed E-state index contributed by atoms with van der Waals surface area (Å²) in [5.74, 6) is 0.614. The number of thiophene rings is 1. The predicted octanol–water partition coefficient (Wildman–Crippen LogP) is 4.73. The number of hydrogen-bond donors (Lipinski definition) is 1. The van der Waals surface area contributed by atoms with Crippen molar-refractivity contribution in [2.24, 2.45) is 0 Å². The molecule has 1 N–H and O–H groups in total. The third kappa shape index (κ3) is 2.56. The van der Waals surface area contributed by atoms with Crippen LogP contribution in [-0.4, -0.2) is 11.1 Å². The average molecular weight is 345 g/mol. The summed E-state index contributed by atoms with van der Waals surface area (Å²) in [4.78, 5) is 13.7. The lowest BCUT2D eigenvalue weighted by atomic mass is 10.0. The summed E-state index contributed by atoms with van der Waals surface area (Å²) in [6.45, 7) is 0. The Morgan fingerprint density at radius 3 is 2.78 bits per heavy atom. The number of carbonyl (C=O) groups is 1.